The lowest BCUT2D eigenvalue weighted by atomic mass is 10.1. The van der Waals surface area contributed by atoms with E-state index in [1.165, 1.54) is 12.1 Å². The van der Waals surface area contributed by atoms with Gasteiger partial charge in [0.15, 0.2) is 5.82 Å². The molecule has 0 amide bonds. The molecule has 0 unspecified atom stereocenters. The number of alkyl halides is 2. The predicted octanol–water partition coefficient (Wildman–Crippen LogP) is 3.74. The minimum absolute atomic E-state index is 0.00132. The maximum absolute atomic E-state index is 12.5. The molecule has 1 N–H and O–H groups in total. The van der Waals surface area contributed by atoms with Crippen molar-refractivity contribution in [1.82, 2.24) is 9.97 Å². The van der Waals surface area contributed by atoms with Gasteiger partial charge in [-0.25, -0.2) is 18.7 Å². The lowest BCUT2D eigenvalue weighted by molar-refractivity contribution is 0.151. The summed E-state index contributed by atoms with van der Waals surface area (Å²) in [6.45, 7) is 3.83. The van der Waals surface area contributed by atoms with Crippen LogP contribution in [0.1, 0.15) is 23.2 Å². The van der Waals surface area contributed by atoms with Crippen LogP contribution >= 0.6 is 0 Å². The molecule has 2 aromatic rings. The third-order valence-corrected chi connectivity index (χ3v) is 3.05. The molecule has 0 radical (unpaired) electrons. The average molecular weight is 263 g/mol. The molecule has 1 aromatic carbocycles. The molecule has 0 atom stereocenters. The molecule has 0 saturated heterocycles. The molecular weight excluding hydrogens is 248 g/mol. The van der Waals surface area contributed by atoms with Crippen molar-refractivity contribution in [3.8, 4) is 11.4 Å². The Morgan fingerprint density at radius 2 is 1.68 bits per heavy atom. The van der Waals surface area contributed by atoms with Crippen molar-refractivity contribution >= 4 is 5.82 Å². The van der Waals surface area contributed by atoms with Crippen molar-refractivity contribution in [1.29, 1.82) is 0 Å². The van der Waals surface area contributed by atoms with E-state index in [4.69, 9.17) is 0 Å². The summed E-state index contributed by atoms with van der Waals surface area (Å²) >= 11 is 0. The Hall–Kier alpha value is -2.04. The Balaban J connectivity index is 2.44. The van der Waals surface area contributed by atoms with Crippen molar-refractivity contribution in [3.05, 3.63) is 41.1 Å². The summed E-state index contributed by atoms with van der Waals surface area (Å²) in [6, 6.07) is 6.03. The van der Waals surface area contributed by atoms with E-state index in [0.717, 1.165) is 22.6 Å². The van der Waals surface area contributed by atoms with Gasteiger partial charge in [-0.3, -0.25) is 0 Å². The van der Waals surface area contributed by atoms with Gasteiger partial charge in [0.1, 0.15) is 5.82 Å². The van der Waals surface area contributed by atoms with Gasteiger partial charge in [0.05, 0.1) is 0 Å². The van der Waals surface area contributed by atoms with Crippen molar-refractivity contribution in [3.63, 3.8) is 0 Å². The highest BCUT2D eigenvalue weighted by atomic mass is 19.3. The molecule has 0 spiro atoms. The SMILES string of the molecule is CNc1nc(-c2ccc(C(F)F)cc2)nc(C)c1C. The number of halogens is 2. The fourth-order valence-corrected chi connectivity index (χ4v) is 1.78. The minimum atomic E-state index is -2.46. The van der Waals surface area contributed by atoms with E-state index in [2.05, 4.69) is 15.3 Å². The zero-order valence-electron chi connectivity index (χ0n) is 11.0. The smallest absolute Gasteiger partial charge is 0.263 e. The Labute approximate surface area is 110 Å². The van der Waals surface area contributed by atoms with Crippen LogP contribution in [0.25, 0.3) is 11.4 Å². The van der Waals surface area contributed by atoms with E-state index in [-0.39, 0.29) is 5.56 Å². The van der Waals surface area contributed by atoms with Gasteiger partial charge in [-0.05, 0) is 13.8 Å². The third kappa shape index (κ3) is 2.70. The van der Waals surface area contributed by atoms with E-state index >= 15 is 0 Å². The molecule has 1 aromatic heterocycles. The number of aryl methyl sites for hydroxylation is 1. The van der Waals surface area contributed by atoms with Gasteiger partial charge in [0.2, 0.25) is 0 Å². The first-order valence-corrected chi connectivity index (χ1v) is 5.94. The summed E-state index contributed by atoms with van der Waals surface area (Å²) < 4.78 is 25.0. The molecule has 3 nitrogen and oxygen atoms in total. The summed E-state index contributed by atoms with van der Waals surface area (Å²) in [5, 5.41) is 3.00. The topological polar surface area (TPSA) is 37.8 Å². The summed E-state index contributed by atoms with van der Waals surface area (Å²) in [5.41, 5.74) is 2.58. The molecule has 0 aliphatic rings. The minimum Gasteiger partial charge on any atom is -0.373 e. The molecule has 0 aliphatic heterocycles. The number of anilines is 1. The molecule has 1 heterocycles. The molecule has 0 aliphatic carbocycles. The van der Waals surface area contributed by atoms with Crippen LogP contribution in [0.5, 0.6) is 0 Å². The number of aromatic nitrogens is 2. The van der Waals surface area contributed by atoms with Crippen LogP contribution < -0.4 is 5.32 Å². The first kappa shape index (κ1) is 13.4. The van der Waals surface area contributed by atoms with E-state index in [1.54, 1.807) is 19.2 Å². The number of benzene rings is 1. The van der Waals surface area contributed by atoms with Crippen molar-refractivity contribution in [2.75, 3.05) is 12.4 Å². The van der Waals surface area contributed by atoms with Crippen LogP contribution in [-0.4, -0.2) is 17.0 Å². The Morgan fingerprint density at radius 1 is 1.05 bits per heavy atom. The quantitative estimate of drug-likeness (QED) is 0.916. The number of nitrogens with one attached hydrogen (secondary N) is 1. The van der Waals surface area contributed by atoms with Crippen LogP contribution in [0, 0.1) is 13.8 Å². The Kier molecular flexibility index (Phi) is 3.74. The highest BCUT2D eigenvalue weighted by Gasteiger charge is 2.10. The molecule has 0 bridgehead atoms. The lowest BCUT2D eigenvalue weighted by Gasteiger charge is -2.10. The normalized spacial score (nSPS) is 10.8. The highest BCUT2D eigenvalue weighted by molar-refractivity contribution is 5.60. The fourth-order valence-electron chi connectivity index (χ4n) is 1.78. The zero-order valence-corrected chi connectivity index (χ0v) is 11.0. The second-order valence-electron chi connectivity index (χ2n) is 4.28. The second-order valence-corrected chi connectivity index (χ2v) is 4.28. The van der Waals surface area contributed by atoms with Crippen LogP contribution in [0.2, 0.25) is 0 Å². The first-order valence-electron chi connectivity index (χ1n) is 5.94. The maximum Gasteiger partial charge on any atom is 0.263 e. The largest absolute Gasteiger partial charge is 0.373 e. The Morgan fingerprint density at radius 3 is 2.21 bits per heavy atom. The van der Waals surface area contributed by atoms with Crippen molar-refractivity contribution in [2.45, 2.75) is 20.3 Å². The lowest BCUT2D eigenvalue weighted by Crippen LogP contribution is -2.02. The summed E-state index contributed by atoms with van der Waals surface area (Å²) in [4.78, 5) is 8.77. The predicted molar refractivity (Wildman–Crippen MR) is 71.4 cm³/mol. The van der Waals surface area contributed by atoms with E-state index in [1.807, 2.05) is 13.8 Å². The molecular formula is C14H15F2N3. The molecule has 0 fully saturated rings. The summed E-state index contributed by atoms with van der Waals surface area (Å²) in [5.74, 6) is 1.29. The standard InChI is InChI=1S/C14H15F2N3/c1-8-9(2)18-14(19-13(8)17-3)11-6-4-10(5-7-11)12(15)16/h4-7,12H,1-3H3,(H,17,18,19). The van der Waals surface area contributed by atoms with Gasteiger partial charge >= 0.3 is 0 Å². The maximum atomic E-state index is 12.5. The van der Waals surface area contributed by atoms with Gasteiger partial charge in [0.25, 0.3) is 6.43 Å². The van der Waals surface area contributed by atoms with Crippen LogP contribution in [0.15, 0.2) is 24.3 Å². The fraction of sp³-hybridized carbons (Fsp3) is 0.286. The molecule has 2 rings (SSSR count). The highest BCUT2D eigenvalue weighted by Crippen LogP contribution is 2.24. The molecule has 19 heavy (non-hydrogen) atoms. The summed E-state index contributed by atoms with van der Waals surface area (Å²) in [6.07, 6.45) is -2.46. The second kappa shape index (κ2) is 5.30. The zero-order chi connectivity index (χ0) is 14.0. The monoisotopic (exact) mass is 263 g/mol. The number of hydrogen-bond acceptors (Lipinski definition) is 3. The molecule has 100 valence electrons. The summed E-state index contributed by atoms with van der Waals surface area (Å²) in [7, 11) is 1.79. The van der Waals surface area contributed by atoms with E-state index < -0.39 is 6.43 Å². The Bertz CT molecular complexity index is 580. The average Bonchev–Trinajstić information content (AvgIpc) is 2.41. The van der Waals surface area contributed by atoms with Gasteiger partial charge in [0, 0.05) is 29.4 Å². The van der Waals surface area contributed by atoms with E-state index in [9.17, 15) is 8.78 Å². The van der Waals surface area contributed by atoms with Crippen LogP contribution in [0.4, 0.5) is 14.6 Å². The molecule has 0 saturated carbocycles. The number of hydrogen-bond donors (Lipinski definition) is 1. The van der Waals surface area contributed by atoms with E-state index in [0.29, 0.717) is 5.82 Å². The van der Waals surface area contributed by atoms with Gasteiger partial charge < -0.3 is 5.32 Å². The first-order chi connectivity index (χ1) is 9.02. The van der Waals surface area contributed by atoms with Gasteiger partial charge in [-0.15, -0.1) is 0 Å². The molecule has 5 heteroatoms. The van der Waals surface area contributed by atoms with Gasteiger partial charge in [-0.2, -0.15) is 0 Å². The number of rotatable bonds is 3. The van der Waals surface area contributed by atoms with Crippen LogP contribution in [0.3, 0.4) is 0 Å². The third-order valence-electron chi connectivity index (χ3n) is 3.05. The van der Waals surface area contributed by atoms with Crippen LogP contribution in [-0.2, 0) is 0 Å². The van der Waals surface area contributed by atoms with Gasteiger partial charge in [-0.1, -0.05) is 24.3 Å². The van der Waals surface area contributed by atoms with Crippen molar-refractivity contribution < 1.29 is 8.78 Å². The van der Waals surface area contributed by atoms with Crippen molar-refractivity contribution in [2.24, 2.45) is 0 Å². The number of nitrogens with zero attached hydrogens (tertiary/aromatic N) is 2.